The molecule has 158 valence electrons. The molecule has 9 heteroatoms. The molecule has 0 aliphatic carbocycles. The van der Waals surface area contributed by atoms with E-state index in [-0.39, 0.29) is 5.65 Å². The van der Waals surface area contributed by atoms with Crippen molar-refractivity contribution < 1.29 is 18.3 Å². The van der Waals surface area contributed by atoms with Crippen molar-refractivity contribution in [3.05, 3.63) is 78.8 Å². The molecule has 2 amide bonds. The summed E-state index contributed by atoms with van der Waals surface area (Å²) in [6.45, 7) is -0.931. The van der Waals surface area contributed by atoms with Crippen LogP contribution in [-0.2, 0) is 5.92 Å². The predicted molar refractivity (Wildman–Crippen MR) is 112 cm³/mol. The molecular weight excluding hydrogens is 404 g/mol. The molecule has 2 heterocycles. The number of ether oxygens (including phenoxy) is 1. The topological polar surface area (TPSA) is 80.6 Å². The van der Waals surface area contributed by atoms with Crippen LogP contribution in [0.15, 0.2) is 72.9 Å². The fourth-order valence-corrected chi connectivity index (χ4v) is 3.06. The number of hydrogen-bond donors (Lipinski definition) is 2. The van der Waals surface area contributed by atoms with Crippen molar-refractivity contribution in [2.45, 2.75) is 5.92 Å². The lowest BCUT2D eigenvalue weighted by atomic mass is 10.1. The van der Waals surface area contributed by atoms with Crippen LogP contribution in [-0.4, -0.2) is 34.3 Å². The van der Waals surface area contributed by atoms with E-state index in [0.717, 1.165) is 5.56 Å². The van der Waals surface area contributed by atoms with Crippen molar-refractivity contribution in [3.63, 3.8) is 0 Å². The van der Waals surface area contributed by atoms with Gasteiger partial charge >= 0.3 is 12.0 Å². The van der Waals surface area contributed by atoms with Gasteiger partial charge in [0.2, 0.25) is 5.82 Å². The second kappa shape index (κ2) is 8.39. The number of amides is 2. The summed E-state index contributed by atoms with van der Waals surface area (Å²) in [5.74, 6) is -3.30. The second-order valence-electron chi connectivity index (χ2n) is 6.78. The third-order valence-electron chi connectivity index (χ3n) is 4.66. The van der Waals surface area contributed by atoms with Gasteiger partial charge in [-0.1, -0.05) is 30.3 Å². The zero-order valence-electron chi connectivity index (χ0n) is 16.5. The van der Waals surface area contributed by atoms with Crippen LogP contribution >= 0.6 is 0 Å². The summed E-state index contributed by atoms with van der Waals surface area (Å²) in [7, 11) is 1.57. The molecule has 4 rings (SSSR count). The number of fused-ring (bicyclic) bond motifs is 1. The summed E-state index contributed by atoms with van der Waals surface area (Å²) >= 11 is 0. The first-order chi connectivity index (χ1) is 15.0. The number of rotatable bonds is 6. The summed E-state index contributed by atoms with van der Waals surface area (Å²) in [6, 6.07) is 18.4. The second-order valence-corrected chi connectivity index (χ2v) is 6.78. The van der Waals surface area contributed by atoms with Crippen molar-refractivity contribution in [2.24, 2.45) is 0 Å². The van der Waals surface area contributed by atoms with Crippen molar-refractivity contribution in [1.29, 1.82) is 0 Å². The number of anilines is 1. The number of pyridine rings is 1. The van der Waals surface area contributed by atoms with E-state index in [1.54, 1.807) is 67.9 Å². The lowest BCUT2D eigenvalue weighted by Crippen LogP contribution is -2.38. The average molecular weight is 423 g/mol. The Hall–Kier alpha value is -4.01. The van der Waals surface area contributed by atoms with Gasteiger partial charge in [-0.25, -0.2) is 4.79 Å². The number of halogens is 2. The smallest absolute Gasteiger partial charge is 0.324 e. The van der Waals surface area contributed by atoms with Crippen LogP contribution in [0.4, 0.5) is 19.3 Å². The van der Waals surface area contributed by atoms with Crippen LogP contribution in [0.1, 0.15) is 5.82 Å². The number of nitrogens with zero attached hydrogens (tertiary/aromatic N) is 3. The number of carbonyl (C=O) groups is 1. The highest BCUT2D eigenvalue weighted by atomic mass is 19.3. The first-order valence-corrected chi connectivity index (χ1v) is 9.44. The van der Waals surface area contributed by atoms with Crippen molar-refractivity contribution in [3.8, 4) is 16.9 Å². The van der Waals surface area contributed by atoms with Crippen LogP contribution in [0.3, 0.4) is 0 Å². The predicted octanol–water partition coefficient (Wildman–Crippen LogP) is 4.32. The third-order valence-corrected chi connectivity index (χ3v) is 4.66. The van der Waals surface area contributed by atoms with Crippen LogP contribution in [0.25, 0.3) is 16.8 Å². The third kappa shape index (κ3) is 4.45. The SMILES string of the molecule is COc1ccc(-c2ccc3nnc(C(F)(F)CNC(=O)Nc4ccccc4)n3c2)cc1. The fraction of sp³-hybridized carbons (Fsp3) is 0.136. The van der Waals surface area contributed by atoms with Crippen LogP contribution in [0.5, 0.6) is 5.75 Å². The Labute approximate surface area is 176 Å². The van der Waals surface area contributed by atoms with Gasteiger partial charge in [0.05, 0.1) is 13.7 Å². The van der Waals surface area contributed by atoms with Crippen molar-refractivity contribution in [2.75, 3.05) is 19.0 Å². The van der Waals surface area contributed by atoms with E-state index >= 15 is 0 Å². The number of aromatic nitrogens is 3. The largest absolute Gasteiger partial charge is 0.497 e. The molecule has 0 bridgehead atoms. The molecule has 0 aliphatic heterocycles. The van der Waals surface area contributed by atoms with Gasteiger partial charge in [0.1, 0.15) is 5.75 Å². The molecule has 0 fully saturated rings. The lowest BCUT2D eigenvalue weighted by Gasteiger charge is -2.16. The van der Waals surface area contributed by atoms with Crippen molar-refractivity contribution in [1.82, 2.24) is 19.9 Å². The minimum Gasteiger partial charge on any atom is -0.497 e. The van der Waals surface area contributed by atoms with Crippen LogP contribution < -0.4 is 15.4 Å². The van der Waals surface area contributed by atoms with E-state index in [1.165, 1.54) is 4.40 Å². The Balaban J connectivity index is 1.53. The zero-order chi connectivity index (χ0) is 21.8. The van der Waals surface area contributed by atoms with Gasteiger partial charge in [-0.3, -0.25) is 4.40 Å². The van der Waals surface area contributed by atoms with Gasteiger partial charge in [0.15, 0.2) is 5.65 Å². The number of methoxy groups -OCH3 is 1. The maximum Gasteiger partial charge on any atom is 0.324 e. The molecule has 0 radical (unpaired) electrons. The Bertz CT molecular complexity index is 1190. The van der Waals surface area contributed by atoms with Gasteiger partial charge in [-0.15, -0.1) is 10.2 Å². The lowest BCUT2D eigenvalue weighted by molar-refractivity contribution is -0.0103. The molecule has 0 saturated carbocycles. The summed E-state index contributed by atoms with van der Waals surface area (Å²) < 4.78 is 36.1. The molecule has 0 unspecified atom stereocenters. The summed E-state index contributed by atoms with van der Waals surface area (Å²) in [6.07, 6.45) is 1.55. The normalized spacial score (nSPS) is 11.3. The molecule has 0 spiro atoms. The van der Waals surface area contributed by atoms with E-state index in [9.17, 15) is 13.6 Å². The molecular formula is C22H19F2N5O2. The molecule has 31 heavy (non-hydrogen) atoms. The maximum absolute atomic E-state index is 14.9. The maximum atomic E-state index is 14.9. The minimum absolute atomic E-state index is 0.278. The van der Waals surface area contributed by atoms with Gasteiger partial charge in [0.25, 0.3) is 0 Å². The number of benzene rings is 2. The number of para-hydroxylation sites is 1. The van der Waals surface area contributed by atoms with E-state index in [0.29, 0.717) is 17.0 Å². The summed E-state index contributed by atoms with van der Waals surface area (Å²) in [4.78, 5) is 12.0. The number of hydrogen-bond acceptors (Lipinski definition) is 4. The highest BCUT2D eigenvalue weighted by molar-refractivity contribution is 5.89. The van der Waals surface area contributed by atoms with E-state index in [4.69, 9.17) is 4.74 Å². The fourth-order valence-electron chi connectivity index (χ4n) is 3.06. The molecule has 2 N–H and O–H groups in total. The number of nitrogens with one attached hydrogen (secondary N) is 2. The summed E-state index contributed by atoms with van der Waals surface area (Å²) in [5.41, 5.74) is 2.31. The first-order valence-electron chi connectivity index (χ1n) is 9.44. The highest BCUT2D eigenvalue weighted by Gasteiger charge is 2.37. The Morgan fingerprint density at radius 1 is 1.00 bits per heavy atom. The minimum atomic E-state index is -3.44. The average Bonchev–Trinajstić information content (AvgIpc) is 3.23. The first kappa shape index (κ1) is 20.3. The van der Waals surface area contributed by atoms with Gasteiger partial charge < -0.3 is 15.4 Å². The molecule has 4 aromatic rings. The number of alkyl halides is 2. The number of urea groups is 1. The molecule has 2 aromatic heterocycles. The molecule has 0 saturated heterocycles. The van der Waals surface area contributed by atoms with Gasteiger partial charge in [-0.2, -0.15) is 8.78 Å². The number of carbonyl (C=O) groups excluding carboxylic acids is 1. The Kier molecular flexibility index (Phi) is 5.48. The molecule has 7 nitrogen and oxygen atoms in total. The van der Waals surface area contributed by atoms with Gasteiger partial charge in [-0.05, 0) is 47.5 Å². The quantitative estimate of drug-likeness (QED) is 0.484. The van der Waals surface area contributed by atoms with E-state index in [2.05, 4.69) is 20.8 Å². The zero-order valence-corrected chi connectivity index (χ0v) is 16.5. The highest BCUT2D eigenvalue weighted by Crippen LogP contribution is 2.28. The molecule has 0 atom stereocenters. The monoisotopic (exact) mass is 423 g/mol. The Morgan fingerprint density at radius 2 is 1.71 bits per heavy atom. The standard InChI is InChI=1S/C22H19F2N5O2/c1-31-18-10-7-15(8-11-18)16-9-12-19-27-28-20(29(19)13-16)22(23,24)14-25-21(30)26-17-5-3-2-4-6-17/h2-13H,14H2,1H3,(H2,25,26,30). The van der Waals surface area contributed by atoms with E-state index < -0.39 is 24.3 Å². The molecule has 0 aliphatic rings. The van der Waals surface area contributed by atoms with Crippen LogP contribution in [0, 0.1) is 0 Å². The van der Waals surface area contributed by atoms with Crippen molar-refractivity contribution >= 4 is 17.4 Å². The van der Waals surface area contributed by atoms with Gasteiger partial charge in [0, 0.05) is 11.9 Å². The van der Waals surface area contributed by atoms with Crippen LogP contribution in [0.2, 0.25) is 0 Å². The summed E-state index contributed by atoms with van der Waals surface area (Å²) in [5, 5.41) is 12.2. The Morgan fingerprint density at radius 3 is 2.42 bits per heavy atom. The molecule has 2 aromatic carbocycles. The van der Waals surface area contributed by atoms with E-state index in [1.807, 2.05) is 12.1 Å².